The molecule has 0 heterocycles. The largest absolute Gasteiger partial charge is 0.487 e. The van der Waals surface area contributed by atoms with Crippen LogP contribution in [0.4, 0.5) is 8.78 Å². The molecule has 0 saturated heterocycles. The Labute approximate surface area is 83.8 Å². The first-order valence-electron chi connectivity index (χ1n) is 3.81. The average molecular weight is 251 g/mol. The highest BCUT2D eigenvalue weighted by Crippen LogP contribution is 2.19. The summed E-state index contributed by atoms with van der Waals surface area (Å²) in [5.74, 6) is -1.20. The number of hydrogen-bond donors (Lipinski definition) is 0. The lowest BCUT2D eigenvalue weighted by molar-refractivity contribution is 0.236. The number of hydrogen-bond acceptors (Lipinski definition) is 1. The van der Waals surface area contributed by atoms with E-state index in [0.717, 1.165) is 6.07 Å². The number of alkyl halides is 1. The van der Waals surface area contributed by atoms with Gasteiger partial charge in [-0.1, -0.05) is 15.9 Å². The molecule has 0 amide bonds. The summed E-state index contributed by atoms with van der Waals surface area (Å²) >= 11 is 3.19. The van der Waals surface area contributed by atoms with E-state index < -0.39 is 11.6 Å². The van der Waals surface area contributed by atoms with Gasteiger partial charge < -0.3 is 4.74 Å². The number of halogens is 3. The van der Waals surface area contributed by atoms with Gasteiger partial charge in [-0.25, -0.2) is 8.78 Å². The Bertz CT molecular complexity index is 291. The first-order valence-corrected chi connectivity index (χ1v) is 4.93. The third-order valence-electron chi connectivity index (χ3n) is 1.44. The monoisotopic (exact) mass is 250 g/mol. The number of ether oxygens (including phenoxy) is 1. The first-order chi connectivity index (χ1) is 6.13. The molecule has 0 aliphatic heterocycles. The zero-order valence-electron chi connectivity index (χ0n) is 7.06. The van der Waals surface area contributed by atoms with Gasteiger partial charge in [-0.3, -0.25) is 0 Å². The van der Waals surface area contributed by atoms with Crippen molar-refractivity contribution >= 4 is 15.9 Å². The van der Waals surface area contributed by atoms with Crippen molar-refractivity contribution in [2.24, 2.45) is 0 Å². The smallest absolute Gasteiger partial charge is 0.167 e. The molecule has 1 nitrogen and oxygen atoms in total. The van der Waals surface area contributed by atoms with Gasteiger partial charge in [-0.2, -0.15) is 0 Å². The van der Waals surface area contributed by atoms with Crippen LogP contribution in [0, 0.1) is 11.6 Å². The summed E-state index contributed by atoms with van der Waals surface area (Å²) in [6, 6.07) is 3.25. The van der Waals surface area contributed by atoms with Crippen molar-refractivity contribution in [3.63, 3.8) is 0 Å². The van der Waals surface area contributed by atoms with Crippen molar-refractivity contribution < 1.29 is 13.5 Å². The summed E-state index contributed by atoms with van der Waals surface area (Å²) in [5.41, 5.74) is 0. The topological polar surface area (TPSA) is 9.23 Å². The summed E-state index contributed by atoms with van der Waals surface area (Å²) in [6.45, 7) is 1.79. The molecule has 72 valence electrons. The summed E-state index contributed by atoms with van der Waals surface area (Å²) in [4.78, 5) is 0. The molecule has 1 rings (SSSR count). The van der Waals surface area contributed by atoms with Crippen LogP contribution in [-0.4, -0.2) is 11.4 Å². The third kappa shape index (κ3) is 2.95. The van der Waals surface area contributed by atoms with Crippen LogP contribution in [0.3, 0.4) is 0 Å². The fraction of sp³-hybridized carbons (Fsp3) is 0.333. The van der Waals surface area contributed by atoms with Crippen molar-refractivity contribution in [3.05, 3.63) is 29.8 Å². The quantitative estimate of drug-likeness (QED) is 0.750. The maximum Gasteiger partial charge on any atom is 0.167 e. The zero-order valence-corrected chi connectivity index (χ0v) is 8.64. The van der Waals surface area contributed by atoms with Crippen LogP contribution in [0.15, 0.2) is 18.2 Å². The molecule has 0 fully saturated rings. The van der Waals surface area contributed by atoms with Crippen molar-refractivity contribution in [3.8, 4) is 5.75 Å². The van der Waals surface area contributed by atoms with Crippen molar-refractivity contribution in [2.45, 2.75) is 13.0 Å². The minimum atomic E-state index is -0.673. The molecule has 4 heteroatoms. The zero-order chi connectivity index (χ0) is 9.84. The van der Waals surface area contributed by atoms with E-state index in [1.165, 1.54) is 12.1 Å². The Hall–Kier alpha value is -0.640. The molecule has 1 unspecified atom stereocenters. The number of rotatable bonds is 3. The van der Waals surface area contributed by atoms with Gasteiger partial charge in [0.15, 0.2) is 11.6 Å². The second-order valence-corrected chi connectivity index (χ2v) is 3.30. The van der Waals surface area contributed by atoms with E-state index in [2.05, 4.69) is 15.9 Å². The van der Waals surface area contributed by atoms with E-state index in [-0.39, 0.29) is 11.9 Å². The molecule has 0 radical (unpaired) electrons. The second-order valence-electron chi connectivity index (χ2n) is 2.66. The molecule has 0 N–H and O–H groups in total. The van der Waals surface area contributed by atoms with E-state index in [1.54, 1.807) is 6.92 Å². The van der Waals surface area contributed by atoms with Gasteiger partial charge in [0.1, 0.15) is 11.9 Å². The average Bonchev–Trinajstić information content (AvgIpc) is 2.09. The van der Waals surface area contributed by atoms with Crippen LogP contribution in [-0.2, 0) is 0 Å². The van der Waals surface area contributed by atoms with Gasteiger partial charge in [0, 0.05) is 11.4 Å². The van der Waals surface area contributed by atoms with Gasteiger partial charge in [-0.05, 0) is 19.1 Å². The predicted molar refractivity (Wildman–Crippen MR) is 50.2 cm³/mol. The molecular formula is C9H9BrF2O. The molecule has 0 aliphatic carbocycles. The van der Waals surface area contributed by atoms with Crippen LogP contribution in [0.1, 0.15) is 6.92 Å². The highest BCUT2D eigenvalue weighted by atomic mass is 79.9. The van der Waals surface area contributed by atoms with E-state index in [4.69, 9.17) is 4.74 Å². The Kier molecular flexibility index (Phi) is 3.66. The molecule has 0 aromatic heterocycles. The fourth-order valence-electron chi connectivity index (χ4n) is 0.819. The maximum atomic E-state index is 13.0. The van der Waals surface area contributed by atoms with Crippen molar-refractivity contribution in [1.82, 2.24) is 0 Å². The van der Waals surface area contributed by atoms with Gasteiger partial charge in [0.25, 0.3) is 0 Å². The normalized spacial score (nSPS) is 12.6. The molecule has 1 aromatic rings. The molecule has 0 saturated carbocycles. The SMILES string of the molecule is CC(CBr)Oc1ccc(F)cc1F. The lowest BCUT2D eigenvalue weighted by Crippen LogP contribution is -2.13. The molecule has 1 aromatic carbocycles. The highest BCUT2D eigenvalue weighted by Gasteiger charge is 2.07. The maximum absolute atomic E-state index is 13.0. The van der Waals surface area contributed by atoms with Crippen LogP contribution in [0.2, 0.25) is 0 Å². The van der Waals surface area contributed by atoms with E-state index in [9.17, 15) is 8.78 Å². The molecule has 0 bridgehead atoms. The van der Waals surface area contributed by atoms with E-state index >= 15 is 0 Å². The minimum Gasteiger partial charge on any atom is -0.487 e. The van der Waals surface area contributed by atoms with Crippen LogP contribution < -0.4 is 4.74 Å². The van der Waals surface area contributed by atoms with Gasteiger partial charge in [0.2, 0.25) is 0 Å². The van der Waals surface area contributed by atoms with E-state index in [1.807, 2.05) is 0 Å². The Morgan fingerprint density at radius 3 is 2.69 bits per heavy atom. The van der Waals surface area contributed by atoms with Crippen molar-refractivity contribution in [1.29, 1.82) is 0 Å². The lowest BCUT2D eigenvalue weighted by Gasteiger charge is -2.11. The highest BCUT2D eigenvalue weighted by molar-refractivity contribution is 9.09. The molecule has 1 atom stereocenters. The van der Waals surface area contributed by atoms with Crippen LogP contribution in [0.25, 0.3) is 0 Å². The first kappa shape index (κ1) is 10.4. The Balaban J connectivity index is 2.77. The number of benzene rings is 1. The molecule has 0 spiro atoms. The third-order valence-corrected chi connectivity index (χ3v) is 2.35. The minimum absolute atomic E-state index is 0.0772. The standard InChI is InChI=1S/C9H9BrF2O/c1-6(5-10)13-9-3-2-7(11)4-8(9)12/h2-4,6H,5H2,1H3. The van der Waals surface area contributed by atoms with Gasteiger partial charge in [0.05, 0.1) is 0 Å². The van der Waals surface area contributed by atoms with E-state index in [0.29, 0.717) is 5.33 Å². The van der Waals surface area contributed by atoms with Crippen LogP contribution in [0.5, 0.6) is 5.75 Å². The predicted octanol–water partition coefficient (Wildman–Crippen LogP) is 3.13. The van der Waals surface area contributed by atoms with Crippen LogP contribution >= 0.6 is 15.9 Å². The fourth-order valence-corrected chi connectivity index (χ4v) is 0.951. The summed E-state index contributed by atoms with van der Waals surface area (Å²) in [6.07, 6.45) is -0.139. The lowest BCUT2D eigenvalue weighted by atomic mass is 10.3. The molecule has 0 aliphatic rings. The second kappa shape index (κ2) is 4.56. The van der Waals surface area contributed by atoms with Gasteiger partial charge >= 0.3 is 0 Å². The summed E-state index contributed by atoms with van der Waals surface area (Å²) < 4.78 is 30.6. The van der Waals surface area contributed by atoms with Crippen molar-refractivity contribution in [2.75, 3.05) is 5.33 Å². The molecule has 13 heavy (non-hydrogen) atoms. The summed E-state index contributed by atoms with van der Waals surface area (Å²) in [5, 5.41) is 0.601. The summed E-state index contributed by atoms with van der Waals surface area (Å²) in [7, 11) is 0. The Morgan fingerprint density at radius 2 is 2.15 bits per heavy atom. The molecular weight excluding hydrogens is 242 g/mol. The van der Waals surface area contributed by atoms with Gasteiger partial charge in [-0.15, -0.1) is 0 Å². The Morgan fingerprint density at radius 1 is 1.46 bits per heavy atom.